The zero-order chi connectivity index (χ0) is 12.0. The van der Waals surface area contributed by atoms with Crippen LogP contribution in [-0.4, -0.2) is 23.9 Å². The Morgan fingerprint density at radius 1 is 1.31 bits per heavy atom. The summed E-state index contributed by atoms with van der Waals surface area (Å²) in [6.45, 7) is 8.21. The topological polar surface area (TPSA) is 20.3 Å². The molecule has 1 heterocycles. The van der Waals surface area contributed by atoms with Gasteiger partial charge in [-0.15, -0.1) is 0 Å². The van der Waals surface area contributed by atoms with Crippen LogP contribution in [0.5, 0.6) is 0 Å². The lowest BCUT2D eigenvalue weighted by Crippen LogP contribution is -2.36. The van der Waals surface area contributed by atoms with Gasteiger partial charge in [0.05, 0.1) is 0 Å². The Hall–Kier alpha value is -0.790. The molecule has 0 radical (unpaired) electrons. The third-order valence-corrected chi connectivity index (χ3v) is 3.68. The summed E-state index contributed by atoms with van der Waals surface area (Å²) in [5.41, 5.74) is 1.51. The van der Waals surface area contributed by atoms with Crippen LogP contribution in [0.15, 0.2) is 11.6 Å². The fraction of sp³-hybridized carbons (Fsp3) is 0.786. The predicted molar refractivity (Wildman–Crippen MR) is 68.3 cm³/mol. The van der Waals surface area contributed by atoms with Crippen LogP contribution in [-0.2, 0) is 4.79 Å². The smallest absolute Gasteiger partial charge is 0.225 e. The van der Waals surface area contributed by atoms with E-state index in [0.717, 1.165) is 38.8 Å². The molecule has 0 aromatic heterocycles. The summed E-state index contributed by atoms with van der Waals surface area (Å²) in [6.07, 6.45) is 7.53. The number of carbonyl (C=O) groups is 1. The summed E-state index contributed by atoms with van der Waals surface area (Å²) in [4.78, 5) is 14.3. The SMILES string of the molecule is C/C=C1/CCCN(C(=O)C(CC)CC)CC1. The maximum absolute atomic E-state index is 12.2. The van der Waals surface area contributed by atoms with Crippen molar-refractivity contribution in [1.82, 2.24) is 4.90 Å². The van der Waals surface area contributed by atoms with Crippen molar-refractivity contribution in [3.8, 4) is 0 Å². The predicted octanol–water partition coefficient (Wildman–Crippen LogP) is 3.38. The molecule has 16 heavy (non-hydrogen) atoms. The number of amides is 1. The second-order valence-corrected chi connectivity index (χ2v) is 4.64. The van der Waals surface area contributed by atoms with Crippen molar-refractivity contribution in [2.24, 2.45) is 5.92 Å². The molecule has 0 bridgehead atoms. The first-order valence-corrected chi connectivity index (χ1v) is 6.65. The highest BCUT2D eigenvalue weighted by molar-refractivity contribution is 5.78. The van der Waals surface area contributed by atoms with Gasteiger partial charge in [0.15, 0.2) is 0 Å². The van der Waals surface area contributed by atoms with Crippen molar-refractivity contribution in [2.75, 3.05) is 13.1 Å². The van der Waals surface area contributed by atoms with Gasteiger partial charge in [-0.05, 0) is 39.0 Å². The summed E-state index contributed by atoms with van der Waals surface area (Å²) in [5.74, 6) is 0.620. The lowest BCUT2D eigenvalue weighted by molar-refractivity contribution is -0.135. The zero-order valence-corrected chi connectivity index (χ0v) is 11.0. The minimum atomic E-state index is 0.243. The molecule has 1 fully saturated rings. The van der Waals surface area contributed by atoms with Gasteiger partial charge in [0.1, 0.15) is 0 Å². The molecule has 0 atom stereocenters. The molecule has 0 spiro atoms. The van der Waals surface area contributed by atoms with Crippen molar-refractivity contribution in [3.63, 3.8) is 0 Å². The van der Waals surface area contributed by atoms with Gasteiger partial charge in [-0.1, -0.05) is 25.5 Å². The van der Waals surface area contributed by atoms with Crippen LogP contribution >= 0.6 is 0 Å². The first kappa shape index (κ1) is 13.3. The average molecular weight is 223 g/mol. The first-order valence-electron chi connectivity index (χ1n) is 6.65. The Bertz CT molecular complexity index is 253. The Labute approximate surface area is 99.7 Å². The molecule has 2 heteroatoms. The highest BCUT2D eigenvalue weighted by Crippen LogP contribution is 2.19. The summed E-state index contributed by atoms with van der Waals surface area (Å²) >= 11 is 0. The highest BCUT2D eigenvalue weighted by Gasteiger charge is 2.22. The van der Waals surface area contributed by atoms with Gasteiger partial charge in [-0.2, -0.15) is 0 Å². The van der Waals surface area contributed by atoms with Gasteiger partial charge >= 0.3 is 0 Å². The molecule has 1 aliphatic rings. The van der Waals surface area contributed by atoms with E-state index in [4.69, 9.17) is 0 Å². The number of hydrogen-bond donors (Lipinski definition) is 0. The van der Waals surface area contributed by atoms with E-state index in [9.17, 15) is 4.79 Å². The first-order chi connectivity index (χ1) is 7.72. The Morgan fingerprint density at radius 3 is 2.56 bits per heavy atom. The largest absolute Gasteiger partial charge is 0.342 e. The van der Waals surface area contributed by atoms with E-state index in [-0.39, 0.29) is 5.92 Å². The molecule has 1 amide bonds. The molecule has 1 aliphatic heterocycles. The van der Waals surface area contributed by atoms with Gasteiger partial charge in [0.25, 0.3) is 0 Å². The van der Waals surface area contributed by atoms with Crippen molar-refractivity contribution in [3.05, 3.63) is 11.6 Å². The van der Waals surface area contributed by atoms with E-state index < -0.39 is 0 Å². The van der Waals surface area contributed by atoms with Gasteiger partial charge in [-0.3, -0.25) is 4.79 Å². The fourth-order valence-corrected chi connectivity index (χ4v) is 2.42. The van der Waals surface area contributed by atoms with Gasteiger partial charge in [0.2, 0.25) is 5.91 Å². The van der Waals surface area contributed by atoms with Crippen LogP contribution in [0.2, 0.25) is 0 Å². The van der Waals surface area contributed by atoms with E-state index in [1.54, 1.807) is 0 Å². The van der Waals surface area contributed by atoms with Crippen LogP contribution in [0, 0.1) is 5.92 Å². The zero-order valence-electron chi connectivity index (χ0n) is 11.0. The molecule has 0 aliphatic carbocycles. The third-order valence-electron chi connectivity index (χ3n) is 3.68. The second kappa shape index (κ2) is 6.72. The van der Waals surface area contributed by atoms with Crippen LogP contribution in [0.3, 0.4) is 0 Å². The maximum Gasteiger partial charge on any atom is 0.225 e. The minimum absolute atomic E-state index is 0.243. The van der Waals surface area contributed by atoms with E-state index in [2.05, 4.69) is 31.7 Å². The lowest BCUT2D eigenvalue weighted by atomic mass is 10.0. The molecular weight excluding hydrogens is 198 g/mol. The molecule has 92 valence electrons. The molecule has 0 aromatic carbocycles. The summed E-state index contributed by atoms with van der Waals surface area (Å²) in [6, 6.07) is 0. The maximum atomic E-state index is 12.2. The van der Waals surface area contributed by atoms with Crippen LogP contribution in [0.25, 0.3) is 0 Å². The highest BCUT2D eigenvalue weighted by atomic mass is 16.2. The van der Waals surface area contributed by atoms with Gasteiger partial charge < -0.3 is 4.90 Å². The summed E-state index contributed by atoms with van der Waals surface area (Å²) in [7, 11) is 0. The Kier molecular flexibility index (Phi) is 5.58. The van der Waals surface area contributed by atoms with Crippen LogP contribution in [0.1, 0.15) is 52.9 Å². The fourth-order valence-electron chi connectivity index (χ4n) is 2.42. The quantitative estimate of drug-likeness (QED) is 0.672. The number of rotatable bonds is 3. The molecule has 0 saturated carbocycles. The van der Waals surface area contributed by atoms with Crippen LogP contribution < -0.4 is 0 Å². The Balaban J connectivity index is 2.57. The molecule has 1 rings (SSSR count). The van der Waals surface area contributed by atoms with Crippen molar-refractivity contribution < 1.29 is 4.79 Å². The monoisotopic (exact) mass is 223 g/mol. The molecule has 0 N–H and O–H groups in total. The van der Waals surface area contributed by atoms with E-state index in [1.165, 1.54) is 12.0 Å². The summed E-state index contributed by atoms with van der Waals surface area (Å²) < 4.78 is 0. The molecule has 2 nitrogen and oxygen atoms in total. The Morgan fingerprint density at radius 2 is 2.00 bits per heavy atom. The van der Waals surface area contributed by atoms with Gasteiger partial charge in [0, 0.05) is 19.0 Å². The molecule has 0 unspecified atom stereocenters. The van der Waals surface area contributed by atoms with E-state index in [1.807, 2.05) is 0 Å². The molecule has 0 aromatic rings. The van der Waals surface area contributed by atoms with E-state index >= 15 is 0 Å². The van der Waals surface area contributed by atoms with Crippen molar-refractivity contribution >= 4 is 5.91 Å². The van der Waals surface area contributed by atoms with Crippen LogP contribution in [0.4, 0.5) is 0 Å². The number of likely N-dealkylation sites (tertiary alicyclic amines) is 1. The van der Waals surface area contributed by atoms with Gasteiger partial charge in [-0.25, -0.2) is 0 Å². The molecule has 1 saturated heterocycles. The number of carbonyl (C=O) groups excluding carboxylic acids is 1. The molecular formula is C14H25NO. The standard InChI is InChI=1S/C14H25NO/c1-4-12-8-7-10-15(11-9-12)14(16)13(5-2)6-3/h4,13H,5-11H2,1-3H3/b12-4-. The minimum Gasteiger partial charge on any atom is -0.342 e. The van der Waals surface area contributed by atoms with Crippen molar-refractivity contribution in [2.45, 2.75) is 52.9 Å². The second-order valence-electron chi connectivity index (χ2n) is 4.64. The van der Waals surface area contributed by atoms with E-state index in [0.29, 0.717) is 5.91 Å². The lowest BCUT2D eigenvalue weighted by Gasteiger charge is -2.24. The number of allylic oxidation sites excluding steroid dienone is 1. The number of hydrogen-bond acceptors (Lipinski definition) is 1. The average Bonchev–Trinajstić information content (AvgIpc) is 2.55. The summed E-state index contributed by atoms with van der Waals surface area (Å²) in [5, 5.41) is 0. The number of nitrogens with zero attached hydrogens (tertiary/aromatic N) is 1. The third kappa shape index (κ3) is 3.36. The van der Waals surface area contributed by atoms with Crippen molar-refractivity contribution in [1.29, 1.82) is 0 Å². The normalized spacial score (nSPS) is 20.2.